The number of rotatable bonds is 7. The van der Waals surface area contributed by atoms with Gasteiger partial charge in [0, 0.05) is 18.2 Å². The Hall–Kier alpha value is -2.61. The molecule has 8 heteroatoms. The van der Waals surface area contributed by atoms with Crippen LogP contribution in [0.1, 0.15) is 29.3 Å². The van der Waals surface area contributed by atoms with Crippen LogP contribution >= 0.6 is 0 Å². The van der Waals surface area contributed by atoms with Crippen molar-refractivity contribution in [3.8, 4) is 5.75 Å². The van der Waals surface area contributed by atoms with E-state index in [1.165, 1.54) is 16.6 Å². The van der Waals surface area contributed by atoms with Crippen LogP contribution in [0.5, 0.6) is 5.75 Å². The Kier molecular flexibility index (Phi) is 5.88. The number of hydrogen-bond acceptors (Lipinski definition) is 4. The predicted molar refractivity (Wildman–Crippen MR) is 106 cm³/mol. The van der Waals surface area contributed by atoms with E-state index in [1.54, 1.807) is 36.4 Å². The third-order valence-corrected chi connectivity index (χ3v) is 5.82. The average Bonchev–Trinajstić information content (AvgIpc) is 2.97. The number of benzene rings is 2. The Morgan fingerprint density at radius 1 is 1.29 bits per heavy atom. The Balaban J connectivity index is 1.53. The molecule has 0 spiro atoms. The van der Waals surface area contributed by atoms with Gasteiger partial charge in [0.25, 0.3) is 5.91 Å². The van der Waals surface area contributed by atoms with Crippen LogP contribution in [0.25, 0.3) is 0 Å². The largest absolute Gasteiger partial charge is 0.490 e. The summed E-state index contributed by atoms with van der Waals surface area (Å²) in [5.41, 5.74) is 1.95. The van der Waals surface area contributed by atoms with E-state index in [4.69, 9.17) is 4.74 Å². The van der Waals surface area contributed by atoms with Crippen molar-refractivity contribution in [3.05, 3.63) is 59.4 Å². The third-order valence-electron chi connectivity index (χ3n) is 4.55. The van der Waals surface area contributed by atoms with Gasteiger partial charge in [-0.05, 0) is 55.7 Å². The molecule has 0 aliphatic carbocycles. The molecule has 1 aliphatic rings. The zero-order chi connectivity index (χ0) is 20.3. The molecule has 2 aromatic rings. The van der Waals surface area contributed by atoms with Gasteiger partial charge in [0.2, 0.25) is 10.0 Å². The van der Waals surface area contributed by atoms with E-state index in [9.17, 15) is 17.6 Å². The highest BCUT2D eigenvalue weighted by molar-refractivity contribution is 7.92. The van der Waals surface area contributed by atoms with E-state index >= 15 is 0 Å². The van der Waals surface area contributed by atoms with Crippen LogP contribution < -0.4 is 14.4 Å². The van der Waals surface area contributed by atoms with E-state index < -0.39 is 15.8 Å². The number of sulfonamides is 1. The number of nitrogens with one attached hydrogen (secondary N) is 1. The van der Waals surface area contributed by atoms with Gasteiger partial charge in [-0.2, -0.15) is 0 Å². The molecule has 2 aromatic carbocycles. The lowest BCUT2D eigenvalue weighted by Gasteiger charge is -2.21. The average molecular weight is 406 g/mol. The molecule has 0 aromatic heterocycles. The van der Waals surface area contributed by atoms with Gasteiger partial charge in [-0.25, -0.2) is 12.8 Å². The number of halogens is 1. The normalized spacial score (nSPS) is 16.0. The Labute approximate surface area is 164 Å². The van der Waals surface area contributed by atoms with Crippen LogP contribution in [0.3, 0.4) is 0 Å². The minimum Gasteiger partial charge on any atom is -0.490 e. The summed E-state index contributed by atoms with van der Waals surface area (Å²) in [4.78, 5) is 12.3. The number of nitrogens with zero attached hydrogens (tertiary/aromatic N) is 1. The lowest BCUT2D eigenvalue weighted by molar-refractivity contribution is 0.0951. The lowest BCUT2D eigenvalue weighted by Crippen LogP contribution is -2.34. The number of amides is 1. The molecule has 0 fully saturated rings. The highest BCUT2D eigenvalue weighted by atomic mass is 32.2. The SMILES string of the molecule is CC1Cc2cc(C(=O)NCCCOc3ccccc3F)ccc2N1S(C)(=O)=O. The molecule has 1 N–H and O–H groups in total. The smallest absolute Gasteiger partial charge is 0.251 e. The minimum atomic E-state index is -3.35. The van der Waals surface area contributed by atoms with Crippen LogP contribution in [-0.2, 0) is 16.4 Å². The van der Waals surface area contributed by atoms with Crippen LogP contribution in [0.15, 0.2) is 42.5 Å². The Morgan fingerprint density at radius 2 is 2.04 bits per heavy atom. The number of fused-ring (bicyclic) bond motifs is 1. The minimum absolute atomic E-state index is 0.168. The highest BCUT2D eigenvalue weighted by Crippen LogP contribution is 2.34. The first kappa shape index (κ1) is 20.1. The van der Waals surface area contributed by atoms with Gasteiger partial charge < -0.3 is 10.1 Å². The monoisotopic (exact) mass is 406 g/mol. The van der Waals surface area contributed by atoms with Crippen molar-refractivity contribution in [2.24, 2.45) is 0 Å². The molecule has 1 atom stereocenters. The van der Waals surface area contributed by atoms with Gasteiger partial charge in [0.1, 0.15) is 0 Å². The molecule has 1 unspecified atom stereocenters. The topological polar surface area (TPSA) is 75.7 Å². The molecule has 1 amide bonds. The summed E-state index contributed by atoms with van der Waals surface area (Å²) < 4.78 is 44.1. The van der Waals surface area contributed by atoms with Crippen LogP contribution in [0, 0.1) is 5.82 Å². The van der Waals surface area contributed by atoms with Crippen molar-refractivity contribution in [3.63, 3.8) is 0 Å². The molecule has 1 aliphatic heterocycles. The number of carbonyl (C=O) groups is 1. The maximum Gasteiger partial charge on any atom is 0.251 e. The summed E-state index contributed by atoms with van der Waals surface area (Å²) in [5.74, 6) is -0.460. The molecular weight excluding hydrogens is 383 g/mol. The van der Waals surface area contributed by atoms with Crippen LogP contribution in [0.4, 0.5) is 10.1 Å². The second-order valence-corrected chi connectivity index (χ2v) is 8.70. The van der Waals surface area contributed by atoms with Crippen molar-refractivity contribution in [2.45, 2.75) is 25.8 Å². The van der Waals surface area contributed by atoms with Crippen LogP contribution in [0.2, 0.25) is 0 Å². The Bertz CT molecular complexity index is 978. The first-order valence-corrected chi connectivity index (χ1v) is 10.9. The number of hydrogen-bond donors (Lipinski definition) is 1. The number of carbonyl (C=O) groups excluding carboxylic acids is 1. The van der Waals surface area contributed by atoms with Gasteiger partial charge in [0.15, 0.2) is 11.6 Å². The molecular formula is C20H23FN2O4S. The first-order valence-electron chi connectivity index (χ1n) is 9.05. The summed E-state index contributed by atoms with van der Waals surface area (Å²) >= 11 is 0. The third kappa shape index (κ3) is 4.44. The fraction of sp³-hybridized carbons (Fsp3) is 0.350. The zero-order valence-electron chi connectivity index (χ0n) is 15.8. The molecule has 0 saturated carbocycles. The Morgan fingerprint density at radius 3 is 2.75 bits per heavy atom. The summed E-state index contributed by atoms with van der Waals surface area (Å²) in [5, 5.41) is 2.80. The summed E-state index contributed by atoms with van der Waals surface area (Å²) in [6, 6.07) is 11.0. The molecule has 3 rings (SSSR count). The van der Waals surface area contributed by atoms with E-state index in [1.807, 2.05) is 6.92 Å². The van der Waals surface area contributed by atoms with Crippen molar-refractivity contribution in [2.75, 3.05) is 23.7 Å². The van der Waals surface area contributed by atoms with Gasteiger partial charge in [-0.15, -0.1) is 0 Å². The van der Waals surface area contributed by atoms with E-state index in [-0.39, 0.29) is 24.3 Å². The van der Waals surface area contributed by atoms with Gasteiger partial charge in [-0.1, -0.05) is 12.1 Å². The summed E-state index contributed by atoms with van der Waals surface area (Å²) in [7, 11) is -3.35. The molecule has 28 heavy (non-hydrogen) atoms. The second kappa shape index (κ2) is 8.18. The van der Waals surface area contributed by atoms with E-state index in [2.05, 4.69) is 5.32 Å². The van der Waals surface area contributed by atoms with Crippen molar-refractivity contribution in [1.29, 1.82) is 0 Å². The molecule has 0 saturated heterocycles. The summed E-state index contributed by atoms with van der Waals surface area (Å²) in [6.45, 7) is 2.51. The van der Waals surface area contributed by atoms with Crippen molar-refractivity contribution >= 4 is 21.6 Å². The quantitative estimate of drug-likeness (QED) is 0.718. The fourth-order valence-electron chi connectivity index (χ4n) is 3.37. The summed E-state index contributed by atoms with van der Waals surface area (Å²) in [6.07, 6.45) is 2.28. The lowest BCUT2D eigenvalue weighted by atomic mass is 10.1. The second-order valence-electron chi connectivity index (χ2n) is 6.84. The van der Waals surface area contributed by atoms with Crippen molar-refractivity contribution < 1.29 is 22.3 Å². The first-order chi connectivity index (χ1) is 13.3. The number of anilines is 1. The van der Waals surface area contributed by atoms with E-state index in [0.717, 1.165) is 5.56 Å². The highest BCUT2D eigenvalue weighted by Gasteiger charge is 2.32. The molecule has 0 bridgehead atoms. The van der Waals surface area contributed by atoms with E-state index in [0.29, 0.717) is 30.6 Å². The maximum atomic E-state index is 13.5. The number of para-hydroxylation sites is 1. The van der Waals surface area contributed by atoms with Gasteiger partial charge in [-0.3, -0.25) is 9.10 Å². The number of ether oxygens (including phenoxy) is 1. The molecule has 150 valence electrons. The van der Waals surface area contributed by atoms with Crippen molar-refractivity contribution in [1.82, 2.24) is 5.32 Å². The maximum absolute atomic E-state index is 13.5. The standard InChI is InChI=1S/C20H23FN2O4S/c1-14-12-16-13-15(8-9-18(16)23(14)28(2,25)26)20(24)22-10-5-11-27-19-7-4-3-6-17(19)21/h3-4,6-9,13-14H,5,10-12H2,1-2H3,(H,22,24). The van der Waals surface area contributed by atoms with Gasteiger partial charge >= 0.3 is 0 Å². The fourth-order valence-corrected chi connectivity index (χ4v) is 4.63. The predicted octanol–water partition coefficient (Wildman–Crippen LogP) is 2.74. The van der Waals surface area contributed by atoms with Gasteiger partial charge in [0.05, 0.1) is 18.6 Å². The zero-order valence-corrected chi connectivity index (χ0v) is 16.6. The molecule has 6 nitrogen and oxygen atoms in total. The molecule has 1 heterocycles. The van der Waals surface area contributed by atoms with Crippen LogP contribution in [-0.4, -0.2) is 39.8 Å². The molecule has 0 radical (unpaired) electrons.